The molecule has 17 nitrogen and oxygen atoms in total. The maximum atomic E-state index is 11.9. The molecule has 0 spiro atoms. The highest BCUT2D eigenvalue weighted by atomic mass is 16.5. The number of benzene rings is 6. The molecule has 2 aromatic heterocycles. The number of anilines is 8. The van der Waals surface area contributed by atoms with Gasteiger partial charge in [-0.15, -0.1) is 0 Å². The summed E-state index contributed by atoms with van der Waals surface area (Å²) in [4.78, 5) is 63.5. The van der Waals surface area contributed by atoms with Gasteiger partial charge in [-0.25, -0.2) is 19.9 Å². The molecule has 2 amide bonds. The summed E-state index contributed by atoms with van der Waals surface area (Å²) in [7, 11) is 4.30. The molecule has 6 aromatic carbocycles. The summed E-state index contributed by atoms with van der Waals surface area (Å²) in [6, 6.07) is 39.1. The first-order valence-electron chi connectivity index (χ1n) is 25.4. The van der Waals surface area contributed by atoms with Crippen LogP contribution in [0.5, 0.6) is 0 Å². The number of aliphatic hydroxyl groups excluding tert-OH is 1. The summed E-state index contributed by atoms with van der Waals surface area (Å²) in [6.07, 6.45) is 6.00. The first kappa shape index (κ1) is 52.8. The van der Waals surface area contributed by atoms with E-state index >= 15 is 0 Å². The highest BCUT2D eigenvalue weighted by molar-refractivity contribution is 6.02. The van der Waals surface area contributed by atoms with Gasteiger partial charge in [-0.2, -0.15) is 0 Å². The van der Waals surface area contributed by atoms with Gasteiger partial charge in [-0.3, -0.25) is 14.4 Å². The normalized spacial score (nSPS) is 13.8. The quantitative estimate of drug-likeness (QED) is 0.0481. The van der Waals surface area contributed by atoms with E-state index < -0.39 is 0 Å². The zero-order valence-electron chi connectivity index (χ0n) is 43.5. The van der Waals surface area contributed by atoms with Crippen LogP contribution in [0.15, 0.2) is 159 Å². The number of likely N-dealkylation sites (N-methyl/N-ethyl adjacent to an activating group) is 2. The fourth-order valence-electron chi connectivity index (χ4n) is 9.26. The molecule has 10 rings (SSSR count). The molecule has 0 bridgehead atoms. The molecule has 0 aliphatic carbocycles. The van der Waals surface area contributed by atoms with E-state index in [0.717, 1.165) is 108 Å². The van der Waals surface area contributed by atoms with Gasteiger partial charge >= 0.3 is 5.97 Å². The van der Waals surface area contributed by atoms with Crippen LogP contribution >= 0.6 is 0 Å². The molecule has 5 N–H and O–H groups in total. The average Bonchev–Trinajstić information content (AvgIpc) is 3.47. The number of carbonyl (C=O) groups excluding carboxylic acids is 3. The van der Waals surface area contributed by atoms with Gasteiger partial charge < -0.3 is 50.7 Å². The molecule has 0 radical (unpaired) electrons. The maximum absolute atomic E-state index is 11.9. The lowest BCUT2D eigenvalue weighted by molar-refractivity contribution is -0.142. The van der Waals surface area contributed by atoms with Crippen LogP contribution in [-0.4, -0.2) is 119 Å². The minimum absolute atomic E-state index is 0.0877. The number of amides is 2. The Kier molecular flexibility index (Phi) is 16.8. The molecule has 17 heteroatoms. The maximum Gasteiger partial charge on any atom is 0.302 e. The third-order valence-corrected chi connectivity index (χ3v) is 13.5. The molecule has 2 aliphatic rings. The second-order valence-electron chi connectivity index (χ2n) is 18.9. The lowest BCUT2D eigenvalue weighted by atomic mass is 9.96. The van der Waals surface area contributed by atoms with Gasteiger partial charge in [0, 0.05) is 128 Å². The number of esters is 1. The summed E-state index contributed by atoms with van der Waals surface area (Å²) in [5, 5.41) is 24.0. The Hall–Kier alpha value is -9.03. The Morgan fingerprint density at radius 1 is 0.571 bits per heavy atom. The van der Waals surface area contributed by atoms with Crippen molar-refractivity contribution in [2.45, 2.75) is 20.1 Å². The predicted octanol–water partition coefficient (Wildman–Crippen LogP) is 9.39. The Balaban J connectivity index is 0.000000188. The standard InChI is InChI=1S/C31H32N6O3.C29H30N6O2/c1-4-28(39)33-26-7-5-6-22(18-26)29-24(20-40-21(2)38)9-8-23-19-32-31(35-30(23)29)34-25-10-12-27(13-11-25)37-16-14-36(3)15-17-37;1-3-26(37)31-24-6-4-5-20(17-24)27-22(19-36)8-7-21-18-30-29(33-28(21)27)32-23-9-11-25(12-10-23)35-15-13-34(2)14-16-35/h4-13,18-19H,1,14-17,20H2,2-3H3,(H,33,39)(H,32,34,35);3-12,17-18,36H,1,13-16,19H2,2H3,(H,31,37)(H,30,32,33). The predicted molar refractivity (Wildman–Crippen MR) is 308 cm³/mol. The Morgan fingerprint density at radius 2 is 1.00 bits per heavy atom. The molecule has 77 heavy (non-hydrogen) atoms. The van der Waals surface area contributed by atoms with E-state index in [0.29, 0.717) is 34.3 Å². The molecule has 392 valence electrons. The lowest BCUT2D eigenvalue weighted by Crippen LogP contribution is -2.44. The molecule has 4 heterocycles. The van der Waals surface area contributed by atoms with Crippen LogP contribution in [0.2, 0.25) is 0 Å². The molecule has 2 fully saturated rings. The van der Waals surface area contributed by atoms with Crippen molar-refractivity contribution in [2.75, 3.05) is 97.5 Å². The van der Waals surface area contributed by atoms with Crippen LogP contribution in [0.1, 0.15) is 18.1 Å². The van der Waals surface area contributed by atoms with Gasteiger partial charge in [0.25, 0.3) is 0 Å². The Morgan fingerprint density at radius 3 is 1.42 bits per heavy atom. The van der Waals surface area contributed by atoms with Gasteiger partial charge in [0.05, 0.1) is 17.6 Å². The molecule has 0 atom stereocenters. The van der Waals surface area contributed by atoms with Crippen LogP contribution < -0.4 is 31.1 Å². The van der Waals surface area contributed by atoms with Gasteiger partial charge in [-0.1, -0.05) is 61.7 Å². The summed E-state index contributed by atoms with van der Waals surface area (Å²) >= 11 is 0. The molecular weight excluding hydrogens is 969 g/mol. The number of aliphatic hydroxyl groups is 1. The number of fused-ring (bicyclic) bond motifs is 2. The fraction of sp³-hybridized carbons (Fsp3) is 0.217. The van der Waals surface area contributed by atoms with Crippen molar-refractivity contribution in [2.24, 2.45) is 0 Å². The fourth-order valence-corrected chi connectivity index (χ4v) is 9.26. The highest BCUT2D eigenvalue weighted by Crippen LogP contribution is 2.36. The SMILES string of the molecule is C=CC(=O)Nc1cccc(-c2c(CO)ccc3cnc(Nc4ccc(N5CCN(C)CC5)cc4)nc23)c1.C=CC(=O)Nc1cccc(-c2c(COC(C)=O)ccc3cnc(Nc4ccc(N5CCN(C)CC5)cc4)nc23)c1. The Labute approximate surface area is 448 Å². The monoisotopic (exact) mass is 1030 g/mol. The summed E-state index contributed by atoms with van der Waals surface area (Å²) in [5.41, 5.74) is 11.6. The van der Waals surface area contributed by atoms with E-state index in [1.165, 1.54) is 30.5 Å². The molecule has 2 aliphatic heterocycles. The van der Waals surface area contributed by atoms with E-state index in [-0.39, 0.29) is 31.0 Å². The van der Waals surface area contributed by atoms with Gasteiger partial charge in [0.1, 0.15) is 6.61 Å². The number of aromatic nitrogens is 4. The van der Waals surface area contributed by atoms with E-state index in [1.54, 1.807) is 18.5 Å². The number of hydrogen-bond donors (Lipinski definition) is 5. The van der Waals surface area contributed by atoms with Crippen molar-refractivity contribution in [3.05, 3.63) is 170 Å². The zero-order chi connectivity index (χ0) is 53.8. The van der Waals surface area contributed by atoms with Crippen molar-refractivity contribution in [1.82, 2.24) is 29.7 Å². The zero-order valence-corrected chi connectivity index (χ0v) is 43.5. The molecular formula is C60H62N12O5. The highest BCUT2D eigenvalue weighted by Gasteiger charge is 2.19. The van der Waals surface area contributed by atoms with Crippen LogP contribution in [-0.2, 0) is 32.3 Å². The smallest absolute Gasteiger partial charge is 0.302 e. The summed E-state index contributed by atoms with van der Waals surface area (Å²) < 4.78 is 5.36. The van der Waals surface area contributed by atoms with Gasteiger partial charge in [0.2, 0.25) is 23.7 Å². The molecule has 2 saturated heterocycles. The van der Waals surface area contributed by atoms with Crippen LogP contribution in [0.4, 0.5) is 46.0 Å². The molecule has 0 saturated carbocycles. The number of nitrogens with zero attached hydrogens (tertiary/aromatic N) is 8. The minimum Gasteiger partial charge on any atom is -0.461 e. The van der Waals surface area contributed by atoms with Crippen molar-refractivity contribution in [1.29, 1.82) is 0 Å². The average molecular weight is 1030 g/mol. The number of ether oxygens (including phenoxy) is 1. The number of rotatable bonds is 15. The number of hydrogen-bond acceptors (Lipinski definition) is 15. The van der Waals surface area contributed by atoms with Gasteiger partial charge in [0.15, 0.2) is 0 Å². The number of nitrogens with one attached hydrogen (secondary N) is 4. The molecule has 0 unspecified atom stereocenters. The number of carbonyl (C=O) groups is 3. The van der Waals surface area contributed by atoms with Crippen molar-refractivity contribution < 1.29 is 24.2 Å². The van der Waals surface area contributed by atoms with E-state index in [2.05, 4.69) is 102 Å². The number of piperazine rings is 2. The molecule has 8 aromatic rings. The lowest BCUT2D eigenvalue weighted by Gasteiger charge is -2.34. The largest absolute Gasteiger partial charge is 0.461 e. The third-order valence-electron chi connectivity index (χ3n) is 13.5. The van der Waals surface area contributed by atoms with Crippen molar-refractivity contribution >= 4 is 85.6 Å². The second kappa shape index (κ2) is 24.5. The van der Waals surface area contributed by atoms with E-state index in [9.17, 15) is 19.5 Å². The van der Waals surface area contributed by atoms with Crippen molar-refractivity contribution in [3.8, 4) is 22.3 Å². The minimum atomic E-state index is -0.372. The van der Waals surface area contributed by atoms with E-state index in [1.807, 2.05) is 91.0 Å². The summed E-state index contributed by atoms with van der Waals surface area (Å²) in [6.45, 7) is 16.6. The van der Waals surface area contributed by atoms with Crippen molar-refractivity contribution in [3.63, 3.8) is 0 Å². The topological polar surface area (TPSA) is 193 Å². The van der Waals surface area contributed by atoms with Crippen LogP contribution in [0, 0.1) is 0 Å². The third kappa shape index (κ3) is 13.3. The van der Waals surface area contributed by atoms with E-state index in [4.69, 9.17) is 14.7 Å². The van der Waals surface area contributed by atoms with Gasteiger partial charge in [-0.05, 0) is 121 Å². The first-order valence-corrected chi connectivity index (χ1v) is 25.4. The Bertz CT molecular complexity index is 3430. The van der Waals surface area contributed by atoms with Crippen LogP contribution in [0.25, 0.3) is 44.1 Å². The summed E-state index contributed by atoms with van der Waals surface area (Å²) in [5.74, 6) is -0.0511. The van der Waals surface area contributed by atoms with Crippen LogP contribution in [0.3, 0.4) is 0 Å². The first-order chi connectivity index (χ1) is 37.4. The second-order valence-corrected chi connectivity index (χ2v) is 18.9.